The van der Waals surface area contributed by atoms with Gasteiger partial charge >= 0.3 is 6.03 Å². The predicted octanol–water partition coefficient (Wildman–Crippen LogP) is 2.87. The second-order valence-corrected chi connectivity index (χ2v) is 5.58. The molecule has 0 saturated carbocycles. The number of hydrogen-bond donors (Lipinski definition) is 3. The van der Waals surface area contributed by atoms with E-state index in [-0.39, 0.29) is 24.9 Å². The summed E-state index contributed by atoms with van der Waals surface area (Å²) in [4.78, 5) is 27.5. The highest BCUT2D eigenvalue weighted by Gasteiger charge is 2.07. The molecule has 1 aromatic heterocycles. The average Bonchev–Trinajstić information content (AvgIpc) is 2.58. The number of benzene rings is 1. The average molecular weight is 347 g/mol. The number of pyridine rings is 1. The molecule has 126 valence electrons. The lowest BCUT2D eigenvalue weighted by molar-refractivity contribution is -0.116. The number of hydrogen-bond acceptors (Lipinski definition) is 3. The molecule has 0 aliphatic rings. The molecule has 0 saturated heterocycles. The summed E-state index contributed by atoms with van der Waals surface area (Å²) in [5, 5.41) is 8.73. The van der Waals surface area contributed by atoms with Crippen LogP contribution in [0.5, 0.6) is 0 Å². The number of carbonyl (C=O) groups is 2. The van der Waals surface area contributed by atoms with Crippen molar-refractivity contribution in [3.63, 3.8) is 0 Å². The first-order valence-electron chi connectivity index (χ1n) is 7.52. The van der Waals surface area contributed by atoms with Crippen molar-refractivity contribution < 1.29 is 9.59 Å². The molecule has 2 rings (SSSR count). The molecule has 24 heavy (non-hydrogen) atoms. The van der Waals surface area contributed by atoms with Gasteiger partial charge in [0.2, 0.25) is 5.91 Å². The molecule has 0 atom stereocenters. The van der Waals surface area contributed by atoms with E-state index in [2.05, 4.69) is 20.9 Å². The van der Waals surface area contributed by atoms with Crippen LogP contribution in [0.2, 0.25) is 5.02 Å². The maximum absolute atomic E-state index is 11.9. The molecule has 0 fully saturated rings. The number of halogens is 1. The minimum atomic E-state index is -0.321. The van der Waals surface area contributed by atoms with Gasteiger partial charge in [0.25, 0.3) is 0 Å². The molecule has 2 aromatic rings. The standard InChI is InChI=1S/C17H19ClN4O2/c1-12-14(18)3-2-4-15(12)22-16(23)7-10-20-17(24)21-11-13-5-8-19-9-6-13/h2-6,8-9H,7,10-11H2,1H3,(H,22,23)(H2,20,21,24). The molecule has 0 unspecified atom stereocenters. The van der Waals surface area contributed by atoms with Crippen LogP contribution in [-0.2, 0) is 11.3 Å². The van der Waals surface area contributed by atoms with Crippen LogP contribution in [0.4, 0.5) is 10.5 Å². The minimum absolute atomic E-state index is 0.175. The summed E-state index contributed by atoms with van der Waals surface area (Å²) >= 11 is 6.01. The zero-order valence-corrected chi connectivity index (χ0v) is 14.1. The normalized spacial score (nSPS) is 10.1. The molecule has 1 aromatic carbocycles. The molecule has 0 aliphatic carbocycles. The number of rotatable bonds is 6. The highest BCUT2D eigenvalue weighted by atomic mass is 35.5. The van der Waals surface area contributed by atoms with Crippen LogP contribution in [0.3, 0.4) is 0 Å². The van der Waals surface area contributed by atoms with Gasteiger partial charge in [-0.3, -0.25) is 9.78 Å². The van der Waals surface area contributed by atoms with E-state index in [0.717, 1.165) is 11.1 Å². The number of carbonyl (C=O) groups excluding carboxylic acids is 2. The van der Waals surface area contributed by atoms with Crippen LogP contribution in [0.25, 0.3) is 0 Å². The second kappa shape index (κ2) is 8.88. The van der Waals surface area contributed by atoms with Gasteiger partial charge in [0.1, 0.15) is 0 Å². The Hall–Kier alpha value is -2.60. The van der Waals surface area contributed by atoms with Crippen LogP contribution in [0, 0.1) is 6.92 Å². The van der Waals surface area contributed by atoms with E-state index < -0.39 is 0 Å². The highest BCUT2D eigenvalue weighted by Crippen LogP contribution is 2.22. The Morgan fingerprint density at radius 3 is 2.62 bits per heavy atom. The summed E-state index contributed by atoms with van der Waals surface area (Å²) in [5.74, 6) is -0.185. The first-order valence-corrected chi connectivity index (χ1v) is 7.89. The maximum Gasteiger partial charge on any atom is 0.315 e. The molecule has 0 bridgehead atoms. The molecular weight excluding hydrogens is 328 g/mol. The second-order valence-electron chi connectivity index (χ2n) is 5.18. The fourth-order valence-electron chi connectivity index (χ4n) is 1.99. The topological polar surface area (TPSA) is 83.1 Å². The molecule has 3 N–H and O–H groups in total. The van der Waals surface area contributed by atoms with Gasteiger partial charge in [0.15, 0.2) is 0 Å². The third-order valence-corrected chi connectivity index (χ3v) is 3.79. The number of urea groups is 1. The summed E-state index contributed by atoms with van der Waals surface area (Å²) in [6, 6.07) is 8.64. The van der Waals surface area contributed by atoms with Crippen LogP contribution < -0.4 is 16.0 Å². The molecule has 0 radical (unpaired) electrons. The number of anilines is 1. The summed E-state index contributed by atoms with van der Waals surface area (Å²) < 4.78 is 0. The van der Waals surface area contributed by atoms with Crippen molar-refractivity contribution in [2.45, 2.75) is 19.9 Å². The van der Waals surface area contributed by atoms with Crippen molar-refractivity contribution in [1.82, 2.24) is 15.6 Å². The van der Waals surface area contributed by atoms with Crippen molar-refractivity contribution in [3.05, 3.63) is 58.9 Å². The van der Waals surface area contributed by atoms with Crippen LogP contribution in [-0.4, -0.2) is 23.5 Å². The first-order chi connectivity index (χ1) is 11.6. The van der Waals surface area contributed by atoms with Gasteiger partial charge in [-0.1, -0.05) is 17.7 Å². The Bertz CT molecular complexity index is 707. The Morgan fingerprint density at radius 2 is 1.88 bits per heavy atom. The van der Waals surface area contributed by atoms with E-state index in [4.69, 9.17) is 11.6 Å². The van der Waals surface area contributed by atoms with Gasteiger partial charge in [-0.05, 0) is 42.3 Å². The Labute approximate surface area is 145 Å². The molecule has 0 aliphatic heterocycles. The van der Waals surface area contributed by atoms with E-state index in [0.29, 0.717) is 17.3 Å². The van der Waals surface area contributed by atoms with E-state index in [1.54, 1.807) is 30.6 Å². The highest BCUT2D eigenvalue weighted by molar-refractivity contribution is 6.31. The summed E-state index contributed by atoms with van der Waals surface area (Å²) in [6.45, 7) is 2.48. The zero-order chi connectivity index (χ0) is 17.4. The number of amides is 3. The van der Waals surface area contributed by atoms with Crippen molar-refractivity contribution in [1.29, 1.82) is 0 Å². The number of nitrogens with one attached hydrogen (secondary N) is 3. The lowest BCUT2D eigenvalue weighted by Crippen LogP contribution is -2.36. The Balaban J connectivity index is 1.68. The van der Waals surface area contributed by atoms with Gasteiger partial charge in [-0.15, -0.1) is 0 Å². The van der Waals surface area contributed by atoms with Crippen LogP contribution in [0.15, 0.2) is 42.7 Å². The zero-order valence-electron chi connectivity index (χ0n) is 13.3. The molecule has 1 heterocycles. The monoisotopic (exact) mass is 346 g/mol. The van der Waals surface area contributed by atoms with Crippen LogP contribution >= 0.6 is 11.6 Å². The smallest absolute Gasteiger partial charge is 0.315 e. The summed E-state index contributed by atoms with van der Waals surface area (Å²) in [5.41, 5.74) is 2.44. The van der Waals surface area contributed by atoms with Gasteiger partial charge in [-0.2, -0.15) is 0 Å². The van der Waals surface area contributed by atoms with Gasteiger partial charge in [0, 0.05) is 42.6 Å². The summed E-state index contributed by atoms with van der Waals surface area (Å²) in [6.07, 6.45) is 3.50. The number of aromatic nitrogens is 1. The summed E-state index contributed by atoms with van der Waals surface area (Å²) in [7, 11) is 0. The molecule has 0 spiro atoms. The third-order valence-electron chi connectivity index (χ3n) is 3.38. The van der Waals surface area contributed by atoms with Crippen molar-refractivity contribution in [2.24, 2.45) is 0 Å². The van der Waals surface area contributed by atoms with Crippen molar-refractivity contribution in [2.75, 3.05) is 11.9 Å². The fraction of sp³-hybridized carbons (Fsp3) is 0.235. The maximum atomic E-state index is 11.9. The van der Waals surface area contributed by atoms with Crippen LogP contribution in [0.1, 0.15) is 17.5 Å². The molecule has 7 heteroatoms. The Kier molecular flexibility index (Phi) is 6.57. The van der Waals surface area contributed by atoms with E-state index in [9.17, 15) is 9.59 Å². The lowest BCUT2D eigenvalue weighted by Gasteiger charge is -2.10. The quantitative estimate of drug-likeness (QED) is 0.752. The fourth-order valence-corrected chi connectivity index (χ4v) is 2.17. The number of nitrogens with zero attached hydrogens (tertiary/aromatic N) is 1. The minimum Gasteiger partial charge on any atom is -0.338 e. The largest absolute Gasteiger partial charge is 0.338 e. The van der Waals surface area contributed by atoms with E-state index >= 15 is 0 Å². The van der Waals surface area contributed by atoms with E-state index in [1.165, 1.54) is 0 Å². The molecule has 6 nitrogen and oxygen atoms in total. The molecular formula is C17H19ClN4O2. The molecule has 3 amide bonds. The van der Waals surface area contributed by atoms with E-state index in [1.807, 2.05) is 19.1 Å². The van der Waals surface area contributed by atoms with Gasteiger partial charge < -0.3 is 16.0 Å². The first kappa shape index (κ1) is 17.7. The lowest BCUT2D eigenvalue weighted by atomic mass is 10.2. The predicted molar refractivity (Wildman–Crippen MR) is 93.9 cm³/mol. The van der Waals surface area contributed by atoms with Gasteiger partial charge in [0.05, 0.1) is 0 Å². The van der Waals surface area contributed by atoms with Crippen molar-refractivity contribution >= 4 is 29.2 Å². The Morgan fingerprint density at radius 1 is 1.12 bits per heavy atom. The SMILES string of the molecule is Cc1c(Cl)cccc1NC(=O)CCNC(=O)NCc1ccncc1. The van der Waals surface area contributed by atoms with Gasteiger partial charge in [-0.25, -0.2) is 4.79 Å². The van der Waals surface area contributed by atoms with Crippen molar-refractivity contribution in [3.8, 4) is 0 Å². The third kappa shape index (κ3) is 5.55.